The smallest absolute Gasteiger partial charge is 0.0588 e. The highest BCUT2D eigenvalue weighted by atomic mass is 16.5. The fourth-order valence-corrected chi connectivity index (χ4v) is 0.638. The summed E-state index contributed by atoms with van der Waals surface area (Å²) in [5.41, 5.74) is 5.45. The van der Waals surface area contributed by atoms with Gasteiger partial charge in [0.1, 0.15) is 0 Å². The zero-order valence-corrected chi connectivity index (χ0v) is 7.81. The third-order valence-corrected chi connectivity index (χ3v) is 1.81. The van der Waals surface area contributed by atoms with E-state index in [1.54, 1.807) is 0 Å². The van der Waals surface area contributed by atoms with Gasteiger partial charge in [0, 0.05) is 18.7 Å². The minimum atomic E-state index is 0.175. The molecule has 0 bridgehead atoms. The molecule has 0 fully saturated rings. The number of nitrogens with one attached hydrogen (secondary N) is 1. The van der Waals surface area contributed by atoms with Crippen LogP contribution in [0.3, 0.4) is 0 Å². The van der Waals surface area contributed by atoms with Crippen molar-refractivity contribution in [2.24, 2.45) is 5.73 Å². The van der Waals surface area contributed by atoms with Gasteiger partial charge in [-0.2, -0.15) is 0 Å². The number of hydrogen-bond donors (Lipinski definition) is 2. The predicted molar refractivity (Wildman–Crippen MR) is 47.6 cm³/mol. The second-order valence-electron chi connectivity index (χ2n) is 3.28. The lowest BCUT2D eigenvalue weighted by Crippen LogP contribution is -2.37. The van der Waals surface area contributed by atoms with Crippen molar-refractivity contribution in [1.29, 1.82) is 0 Å². The zero-order chi connectivity index (χ0) is 8.74. The molecule has 0 rings (SSSR count). The summed E-state index contributed by atoms with van der Waals surface area (Å²) in [6.45, 7) is 6.36. The van der Waals surface area contributed by atoms with Gasteiger partial charge in [-0.1, -0.05) is 0 Å². The van der Waals surface area contributed by atoms with Gasteiger partial charge in [0.2, 0.25) is 0 Å². The monoisotopic (exact) mass is 160 g/mol. The lowest BCUT2D eigenvalue weighted by molar-refractivity contribution is 0.120. The Hall–Kier alpha value is -0.120. The third-order valence-electron chi connectivity index (χ3n) is 1.81. The van der Waals surface area contributed by atoms with Crippen molar-refractivity contribution in [2.75, 3.05) is 26.8 Å². The molecule has 0 spiro atoms. The highest BCUT2D eigenvalue weighted by Crippen LogP contribution is 2.06. The van der Waals surface area contributed by atoms with Crippen molar-refractivity contribution in [3.8, 4) is 0 Å². The largest absolute Gasteiger partial charge is 0.380 e. The zero-order valence-electron chi connectivity index (χ0n) is 7.81. The first kappa shape index (κ1) is 10.9. The highest BCUT2D eigenvalue weighted by Gasteiger charge is 2.13. The van der Waals surface area contributed by atoms with E-state index in [2.05, 4.69) is 19.2 Å². The van der Waals surface area contributed by atoms with Gasteiger partial charge in [0.25, 0.3) is 0 Å². The summed E-state index contributed by atoms with van der Waals surface area (Å²) in [5.74, 6) is 0. The molecular weight excluding hydrogens is 140 g/mol. The Morgan fingerprint density at radius 2 is 2.00 bits per heavy atom. The molecule has 0 aromatic heterocycles. The molecule has 0 aromatic carbocycles. The van der Waals surface area contributed by atoms with Crippen molar-refractivity contribution < 1.29 is 4.74 Å². The summed E-state index contributed by atoms with van der Waals surface area (Å²) in [6.07, 6.45) is 1.02. The van der Waals surface area contributed by atoms with Crippen LogP contribution in [-0.4, -0.2) is 32.3 Å². The van der Waals surface area contributed by atoms with Gasteiger partial charge in [-0.05, 0) is 27.3 Å². The van der Waals surface area contributed by atoms with Crippen LogP contribution in [0.15, 0.2) is 0 Å². The minimum Gasteiger partial charge on any atom is -0.380 e. The summed E-state index contributed by atoms with van der Waals surface area (Å²) in [4.78, 5) is 0. The molecule has 0 saturated carbocycles. The molecule has 11 heavy (non-hydrogen) atoms. The van der Waals surface area contributed by atoms with Crippen LogP contribution in [0.5, 0.6) is 0 Å². The van der Waals surface area contributed by atoms with Gasteiger partial charge in [0.15, 0.2) is 0 Å². The summed E-state index contributed by atoms with van der Waals surface area (Å²) >= 11 is 0. The Labute approximate surface area is 69.3 Å². The maximum Gasteiger partial charge on any atom is 0.0588 e. The molecule has 0 aliphatic carbocycles. The van der Waals surface area contributed by atoms with E-state index in [1.165, 1.54) is 0 Å². The van der Waals surface area contributed by atoms with Crippen molar-refractivity contribution in [2.45, 2.75) is 25.8 Å². The second kappa shape index (κ2) is 5.52. The molecule has 0 aliphatic rings. The first-order chi connectivity index (χ1) is 5.12. The number of nitrogens with two attached hydrogens (primary N) is 1. The molecule has 0 heterocycles. The maximum absolute atomic E-state index is 5.27. The Morgan fingerprint density at radius 3 is 2.45 bits per heavy atom. The standard InChI is InChI=1S/C8H20N2O/c1-8(2,10-3)4-6-11-7-5-9/h10H,4-7,9H2,1-3H3. The van der Waals surface area contributed by atoms with Gasteiger partial charge in [-0.25, -0.2) is 0 Å². The van der Waals surface area contributed by atoms with Gasteiger partial charge >= 0.3 is 0 Å². The molecule has 68 valence electrons. The van der Waals surface area contributed by atoms with Crippen molar-refractivity contribution in [3.63, 3.8) is 0 Å². The van der Waals surface area contributed by atoms with Crippen LogP contribution in [0, 0.1) is 0 Å². The SMILES string of the molecule is CNC(C)(C)CCOCCN. The minimum absolute atomic E-state index is 0.175. The number of ether oxygens (including phenoxy) is 1. The second-order valence-corrected chi connectivity index (χ2v) is 3.28. The van der Waals surface area contributed by atoms with E-state index in [0.29, 0.717) is 13.2 Å². The van der Waals surface area contributed by atoms with E-state index in [1.807, 2.05) is 7.05 Å². The third kappa shape index (κ3) is 6.28. The Kier molecular flexibility index (Phi) is 5.46. The molecule has 3 N–H and O–H groups in total. The van der Waals surface area contributed by atoms with Crippen LogP contribution in [-0.2, 0) is 4.74 Å². The molecular formula is C8H20N2O. The maximum atomic E-state index is 5.27. The Bertz CT molecular complexity index is 94.1. The van der Waals surface area contributed by atoms with E-state index in [9.17, 15) is 0 Å². The Morgan fingerprint density at radius 1 is 1.36 bits per heavy atom. The lowest BCUT2D eigenvalue weighted by atomic mass is 10.0. The average Bonchev–Trinajstić information content (AvgIpc) is 1.99. The van der Waals surface area contributed by atoms with E-state index >= 15 is 0 Å². The molecule has 0 aliphatic heterocycles. The van der Waals surface area contributed by atoms with E-state index in [-0.39, 0.29) is 5.54 Å². The van der Waals surface area contributed by atoms with Gasteiger partial charge < -0.3 is 15.8 Å². The van der Waals surface area contributed by atoms with Crippen LogP contribution in [0.4, 0.5) is 0 Å². The normalized spacial score (nSPS) is 12.0. The van der Waals surface area contributed by atoms with Crippen molar-refractivity contribution in [1.82, 2.24) is 5.32 Å². The summed E-state index contributed by atoms with van der Waals surface area (Å²) in [7, 11) is 1.96. The van der Waals surface area contributed by atoms with Crippen LogP contribution in [0.1, 0.15) is 20.3 Å². The molecule has 0 amide bonds. The van der Waals surface area contributed by atoms with Crippen molar-refractivity contribution >= 4 is 0 Å². The lowest BCUT2D eigenvalue weighted by Gasteiger charge is -2.23. The predicted octanol–water partition coefficient (Wildman–Crippen LogP) is 0.350. The molecule has 3 nitrogen and oxygen atoms in total. The first-order valence-corrected chi connectivity index (χ1v) is 4.09. The van der Waals surface area contributed by atoms with E-state index in [4.69, 9.17) is 10.5 Å². The van der Waals surface area contributed by atoms with E-state index < -0.39 is 0 Å². The quantitative estimate of drug-likeness (QED) is 0.551. The summed E-state index contributed by atoms with van der Waals surface area (Å²) < 4.78 is 5.26. The molecule has 0 radical (unpaired) electrons. The first-order valence-electron chi connectivity index (χ1n) is 4.09. The molecule has 0 atom stereocenters. The number of rotatable bonds is 6. The summed E-state index contributed by atoms with van der Waals surface area (Å²) in [6, 6.07) is 0. The fraction of sp³-hybridized carbons (Fsp3) is 1.00. The van der Waals surface area contributed by atoms with E-state index in [0.717, 1.165) is 13.0 Å². The summed E-state index contributed by atoms with van der Waals surface area (Å²) in [5, 5.41) is 3.21. The van der Waals surface area contributed by atoms with Gasteiger partial charge in [0.05, 0.1) is 6.61 Å². The van der Waals surface area contributed by atoms with Crippen LogP contribution in [0.25, 0.3) is 0 Å². The highest BCUT2D eigenvalue weighted by molar-refractivity contribution is 4.74. The van der Waals surface area contributed by atoms with Crippen LogP contribution < -0.4 is 11.1 Å². The van der Waals surface area contributed by atoms with Crippen LogP contribution in [0.2, 0.25) is 0 Å². The van der Waals surface area contributed by atoms with Crippen molar-refractivity contribution in [3.05, 3.63) is 0 Å². The van der Waals surface area contributed by atoms with Gasteiger partial charge in [-0.15, -0.1) is 0 Å². The molecule has 0 unspecified atom stereocenters. The average molecular weight is 160 g/mol. The fourth-order valence-electron chi connectivity index (χ4n) is 0.638. The van der Waals surface area contributed by atoms with Gasteiger partial charge in [-0.3, -0.25) is 0 Å². The molecule has 3 heteroatoms. The Balaban J connectivity index is 3.23. The van der Waals surface area contributed by atoms with Crippen LogP contribution >= 0.6 is 0 Å². The number of hydrogen-bond acceptors (Lipinski definition) is 3. The topological polar surface area (TPSA) is 47.3 Å². The molecule has 0 saturated heterocycles. The molecule has 0 aromatic rings.